The van der Waals surface area contributed by atoms with Crippen LogP contribution in [0.25, 0.3) is 0 Å². The van der Waals surface area contributed by atoms with Gasteiger partial charge in [-0.3, -0.25) is 4.79 Å². The Labute approximate surface area is 143 Å². The van der Waals surface area contributed by atoms with Crippen LogP contribution in [0.1, 0.15) is 37.3 Å². The van der Waals surface area contributed by atoms with Gasteiger partial charge in [-0.1, -0.05) is 36.8 Å². The lowest BCUT2D eigenvalue weighted by Gasteiger charge is -2.27. The molecule has 1 heterocycles. The molecule has 24 heavy (non-hydrogen) atoms. The smallest absolute Gasteiger partial charge is 0.315 e. The zero-order chi connectivity index (χ0) is 17.2. The molecule has 1 saturated heterocycles. The molecule has 0 aromatic heterocycles. The van der Waals surface area contributed by atoms with E-state index in [0.717, 1.165) is 31.4 Å². The zero-order valence-corrected chi connectivity index (χ0v) is 14.3. The van der Waals surface area contributed by atoms with Crippen molar-refractivity contribution in [2.75, 3.05) is 33.4 Å². The summed E-state index contributed by atoms with van der Waals surface area (Å²) in [6, 6.07) is 9.30. The molecule has 1 aliphatic rings. The van der Waals surface area contributed by atoms with Crippen molar-refractivity contribution in [3.63, 3.8) is 0 Å². The fraction of sp³-hybridized carbons (Fsp3) is 0.556. The van der Waals surface area contributed by atoms with Gasteiger partial charge in [0.2, 0.25) is 5.91 Å². The largest absolute Gasteiger partial charge is 0.383 e. The number of amides is 3. The van der Waals surface area contributed by atoms with Gasteiger partial charge in [0, 0.05) is 33.2 Å². The number of benzene rings is 1. The summed E-state index contributed by atoms with van der Waals surface area (Å²) in [6.45, 7) is 2.18. The molecule has 1 unspecified atom stereocenters. The van der Waals surface area contributed by atoms with Crippen molar-refractivity contribution < 1.29 is 14.3 Å². The van der Waals surface area contributed by atoms with E-state index >= 15 is 0 Å². The molecule has 1 aromatic carbocycles. The van der Waals surface area contributed by atoms with Crippen LogP contribution in [0.3, 0.4) is 0 Å². The molecule has 3 amide bonds. The highest BCUT2D eigenvalue weighted by Gasteiger charge is 2.22. The highest BCUT2D eigenvalue weighted by atomic mass is 16.5. The molecule has 1 fully saturated rings. The van der Waals surface area contributed by atoms with Crippen molar-refractivity contribution in [1.82, 2.24) is 15.5 Å². The summed E-state index contributed by atoms with van der Waals surface area (Å²) in [5.74, 6) is 0.176. The van der Waals surface area contributed by atoms with Gasteiger partial charge >= 0.3 is 6.03 Å². The number of nitrogens with one attached hydrogen (secondary N) is 2. The Morgan fingerprint density at radius 2 is 2.04 bits per heavy atom. The van der Waals surface area contributed by atoms with Crippen LogP contribution in [-0.4, -0.2) is 50.2 Å². The van der Waals surface area contributed by atoms with E-state index in [1.807, 2.05) is 35.2 Å². The Kier molecular flexibility index (Phi) is 7.55. The quantitative estimate of drug-likeness (QED) is 0.751. The van der Waals surface area contributed by atoms with Gasteiger partial charge in [-0.15, -0.1) is 0 Å². The molecule has 2 rings (SSSR count). The SMILES string of the molecule is COCCNC(=O)NC(CN1CCCCCC1=O)c1ccccc1. The number of carbonyl (C=O) groups excluding carboxylic acids is 2. The minimum atomic E-state index is -0.247. The van der Waals surface area contributed by atoms with Crippen molar-refractivity contribution in [1.29, 1.82) is 0 Å². The number of urea groups is 1. The molecule has 1 aliphatic heterocycles. The fourth-order valence-electron chi connectivity index (χ4n) is 2.85. The van der Waals surface area contributed by atoms with Gasteiger partial charge in [-0.05, 0) is 18.4 Å². The maximum atomic E-state index is 12.3. The van der Waals surface area contributed by atoms with Gasteiger partial charge in [0.1, 0.15) is 0 Å². The molecule has 2 N–H and O–H groups in total. The summed E-state index contributed by atoms with van der Waals surface area (Å²) in [5.41, 5.74) is 0.997. The normalized spacial score (nSPS) is 16.4. The predicted octanol–water partition coefficient (Wildman–Crippen LogP) is 2.08. The Balaban J connectivity index is 2.02. The topological polar surface area (TPSA) is 70.7 Å². The van der Waals surface area contributed by atoms with Crippen LogP contribution in [0, 0.1) is 0 Å². The van der Waals surface area contributed by atoms with Gasteiger partial charge in [-0.25, -0.2) is 4.79 Å². The molecule has 0 radical (unpaired) electrons. The summed E-state index contributed by atoms with van der Waals surface area (Å²) < 4.78 is 4.94. The van der Waals surface area contributed by atoms with Gasteiger partial charge in [0.05, 0.1) is 12.6 Å². The summed E-state index contributed by atoms with van der Waals surface area (Å²) in [7, 11) is 1.59. The first-order valence-corrected chi connectivity index (χ1v) is 8.56. The van der Waals surface area contributed by atoms with E-state index in [2.05, 4.69) is 10.6 Å². The van der Waals surface area contributed by atoms with Crippen LogP contribution in [0.2, 0.25) is 0 Å². The first-order valence-electron chi connectivity index (χ1n) is 8.56. The maximum Gasteiger partial charge on any atom is 0.315 e. The molecule has 0 bridgehead atoms. The second-order valence-electron chi connectivity index (χ2n) is 6.01. The summed E-state index contributed by atoms with van der Waals surface area (Å²) >= 11 is 0. The molecule has 0 spiro atoms. The van der Waals surface area contributed by atoms with Gasteiger partial charge in [0.25, 0.3) is 0 Å². The minimum absolute atomic E-state index is 0.176. The summed E-state index contributed by atoms with van der Waals surface area (Å²) in [5, 5.41) is 5.75. The highest BCUT2D eigenvalue weighted by molar-refractivity contribution is 5.77. The van der Waals surface area contributed by atoms with Gasteiger partial charge in [0.15, 0.2) is 0 Å². The van der Waals surface area contributed by atoms with Crippen LogP contribution in [0.15, 0.2) is 30.3 Å². The van der Waals surface area contributed by atoms with E-state index in [1.165, 1.54) is 0 Å². The first kappa shape index (κ1) is 18.3. The number of carbonyl (C=O) groups is 2. The van der Waals surface area contributed by atoms with E-state index in [1.54, 1.807) is 7.11 Å². The molecular weight excluding hydrogens is 306 g/mol. The summed E-state index contributed by atoms with van der Waals surface area (Å²) in [6.07, 6.45) is 3.66. The lowest BCUT2D eigenvalue weighted by Crippen LogP contribution is -2.44. The monoisotopic (exact) mass is 333 g/mol. The van der Waals surface area contributed by atoms with Crippen LogP contribution in [0.4, 0.5) is 4.79 Å². The van der Waals surface area contributed by atoms with Crippen LogP contribution >= 0.6 is 0 Å². The third-order valence-corrected chi connectivity index (χ3v) is 4.17. The Morgan fingerprint density at radius 1 is 1.25 bits per heavy atom. The zero-order valence-electron chi connectivity index (χ0n) is 14.3. The second-order valence-corrected chi connectivity index (χ2v) is 6.01. The van der Waals surface area contributed by atoms with Crippen LogP contribution < -0.4 is 10.6 Å². The van der Waals surface area contributed by atoms with Crippen molar-refractivity contribution in [2.45, 2.75) is 31.7 Å². The lowest BCUT2D eigenvalue weighted by atomic mass is 10.1. The number of likely N-dealkylation sites (tertiary alicyclic amines) is 1. The van der Waals surface area contributed by atoms with E-state index in [-0.39, 0.29) is 18.0 Å². The maximum absolute atomic E-state index is 12.3. The first-order chi connectivity index (χ1) is 11.7. The van der Waals surface area contributed by atoms with E-state index in [0.29, 0.717) is 26.1 Å². The van der Waals surface area contributed by atoms with Crippen molar-refractivity contribution in [2.24, 2.45) is 0 Å². The van der Waals surface area contributed by atoms with Crippen molar-refractivity contribution in [3.05, 3.63) is 35.9 Å². The Hall–Kier alpha value is -2.08. The third kappa shape index (κ3) is 5.85. The number of rotatable bonds is 7. The van der Waals surface area contributed by atoms with E-state index in [9.17, 15) is 9.59 Å². The number of methoxy groups -OCH3 is 1. The average Bonchev–Trinajstić information content (AvgIpc) is 2.80. The van der Waals surface area contributed by atoms with Gasteiger partial charge < -0.3 is 20.3 Å². The minimum Gasteiger partial charge on any atom is -0.383 e. The number of hydrogen-bond acceptors (Lipinski definition) is 3. The highest BCUT2D eigenvalue weighted by Crippen LogP contribution is 2.18. The van der Waals surface area contributed by atoms with Crippen molar-refractivity contribution in [3.8, 4) is 0 Å². The predicted molar refractivity (Wildman–Crippen MR) is 92.6 cm³/mol. The molecular formula is C18H27N3O3. The Bertz CT molecular complexity index is 522. The van der Waals surface area contributed by atoms with E-state index < -0.39 is 0 Å². The standard InChI is InChI=1S/C18H27N3O3/c1-24-13-11-19-18(23)20-16(15-8-4-2-5-9-15)14-21-12-7-3-6-10-17(21)22/h2,4-5,8-9,16H,3,6-7,10-14H2,1H3,(H2,19,20,23). The third-order valence-electron chi connectivity index (χ3n) is 4.17. The van der Waals surface area contributed by atoms with Crippen molar-refractivity contribution >= 4 is 11.9 Å². The van der Waals surface area contributed by atoms with Gasteiger partial charge in [-0.2, -0.15) is 0 Å². The number of nitrogens with zero attached hydrogens (tertiary/aromatic N) is 1. The summed E-state index contributed by atoms with van der Waals surface area (Å²) in [4.78, 5) is 26.2. The second kappa shape index (κ2) is 9.93. The molecule has 1 atom stereocenters. The molecule has 132 valence electrons. The number of ether oxygens (including phenoxy) is 1. The van der Waals surface area contributed by atoms with Crippen LogP contribution in [-0.2, 0) is 9.53 Å². The molecule has 6 nitrogen and oxygen atoms in total. The molecule has 0 aliphatic carbocycles. The number of hydrogen-bond donors (Lipinski definition) is 2. The average molecular weight is 333 g/mol. The molecule has 6 heteroatoms. The molecule has 0 saturated carbocycles. The fourth-order valence-corrected chi connectivity index (χ4v) is 2.85. The molecule has 1 aromatic rings. The Morgan fingerprint density at radius 3 is 2.79 bits per heavy atom. The van der Waals surface area contributed by atoms with E-state index in [4.69, 9.17) is 4.74 Å². The van der Waals surface area contributed by atoms with Crippen LogP contribution in [0.5, 0.6) is 0 Å². The lowest BCUT2D eigenvalue weighted by molar-refractivity contribution is -0.131.